The van der Waals surface area contributed by atoms with Gasteiger partial charge in [-0.1, -0.05) is 27.5 Å². The summed E-state index contributed by atoms with van der Waals surface area (Å²) < 4.78 is 0.839. The molecule has 29 heavy (non-hydrogen) atoms. The number of benzene rings is 2. The minimum Gasteiger partial charge on any atom is -0.325 e. The zero-order valence-corrected chi connectivity index (χ0v) is 17.6. The van der Waals surface area contributed by atoms with Gasteiger partial charge in [-0.3, -0.25) is 29.4 Å². The molecule has 0 atom stereocenters. The van der Waals surface area contributed by atoms with E-state index in [1.54, 1.807) is 24.3 Å². The number of rotatable bonds is 5. The number of carbonyl (C=O) groups excluding carboxylic acids is 3. The lowest BCUT2D eigenvalue weighted by atomic mass is 10.2. The second-order valence-electron chi connectivity index (χ2n) is 5.79. The van der Waals surface area contributed by atoms with E-state index in [1.165, 1.54) is 24.3 Å². The van der Waals surface area contributed by atoms with Gasteiger partial charge in [0.25, 0.3) is 16.8 Å². The van der Waals surface area contributed by atoms with Gasteiger partial charge in [0.2, 0.25) is 5.91 Å². The van der Waals surface area contributed by atoms with Crippen LogP contribution in [-0.2, 0) is 9.59 Å². The van der Waals surface area contributed by atoms with E-state index in [0.29, 0.717) is 17.4 Å². The Bertz CT molecular complexity index is 1060. The van der Waals surface area contributed by atoms with Crippen molar-refractivity contribution in [3.05, 3.63) is 72.5 Å². The van der Waals surface area contributed by atoms with Crippen molar-refractivity contribution >= 4 is 73.8 Å². The molecule has 3 amide bonds. The Morgan fingerprint density at radius 2 is 1.93 bits per heavy atom. The van der Waals surface area contributed by atoms with Crippen LogP contribution in [0.5, 0.6) is 0 Å². The number of halogens is 2. The van der Waals surface area contributed by atoms with Crippen molar-refractivity contribution in [3.8, 4) is 0 Å². The molecule has 11 heteroatoms. The molecule has 2 aromatic rings. The van der Waals surface area contributed by atoms with E-state index in [9.17, 15) is 24.5 Å². The second-order valence-corrected chi connectivity index (χ2v) is 8.10. The summed E-state index contributed by atoms with van der Waals surface area (Å²) in [7, 11) is 0. The quantitative estimate of drug-likeness (QED) is 0.365. The fourth-order valence-corrected chi connectivity index (χ4v) is 3.68. The maximum absolute atomic E-state index is 12.5. The highest BCUT2D eigenvalue weighted by Crippen LogP contribution is 2.34. The summed E-state index contributed by atoms with van der Waals surface area (Å²) in [5.74, 6) is -1.21. The fraction of sp³-hybridized carbons (Fsp3) is 0.0556. The molecule has 1 heterocycles. The number of nitrogens with one attached hydrogen (secondary N) is 1. The first kappa shape index (κ1) is 21.0. The molecule has 0 saturated carbocycles. The van der Waals surface area contributed by atoms with Crippen molar-refractivity contribution in [3.63, 3.8) is 0 Å². The van der Waals surface area contributed by atoms with Gasteiger partial charge in [-0.2, -0.15) is 0 Å². The average Bonchev–Trinajstić information content (AvgIpc) is 2.92. The zero-order valence-electron chi connectivity index (χ0n) is 14.4. The van der Waals surface area contributed by atoms with E-state index in [4.69, 9.17) is 11.6 Å². The fourth-order valence-electron chi connectivity index (χ4n) is 2.41. The van der Waals surface area contributed by atoms with Crippen LogP contribution in [0.25, 0.3) is 6.08 Å². The van der Waals surface area contributed by atoms with Gasteiger partial charge in [-0.05, 0) is 48.2 Å². The van der Waals surface area contributed by atoms with Gasteiger partial charge in [-0.25, -0.2) is 0 Å². The molecule has 0 aliphatic carbocycles. The number of nitrogens with zero attached hydrogens (tertiary/aromatic N) is 2. The van der Waals surface area contributed by atoms with E-state index in [-0.39, 0.29) is 21.2 Å². The van der Waals surface area contributed by atoms with Crippen molar-refractivity contribution in [1.29, 1.82) is 0 Å². The zero-order chi connectivity index (χ0) is 21.1. The molecule has 0 unspecified atom stereocenters. The Hall–Kier alpha value is -2.69. The molecular formula is C18H11BrClN3O5S. The normalized spacial score (nSPS) is 15.1. The molecule has 1 saturated heterocycles. The van der Waals surface area contributed by atoms with Gasteiger partial charge >= 0.3 is 0 Å². The van der Waals surface area contributed by atoms with E-state index >= 15 is 0 Å². The van der Waals surface area contributed by atoms with Crippen molar-refractivity contribution in [2.45, 2.75) is 0 Å². The minimum absolute atomic E-state index is 0.0221. The molecule has 0 radical (unpaired) electrons. The van der Waals surface area contributed by atoms with Crippen LogP contribution in [-0.4, -0.2) is 33.4 Å². The molecule has 1 N–H and O–H groups in total. The summed E-state index contributed by atoms with van der Waals surface area (Å²) in [5.41, 5.74) is 0.545. The highest BCUT2D eigenvalue weighted by atomic mass is 79.9. The van der Waals surface area contributed by atoms with Gasteiger partial charge in [0.1, 0.15) is 6.54 Å². The van der Waals surface area contributed by atoms with Crippen LogP contribution in [0, 0.1) is 10.1 Å². The predicted molar refractivity (Wildman–Crippen MR) is 114 cm³/mol. The second kappa shape index (κ2) is 8.76. The molecular weight excluding hydrogens is 486 g/mol. The van der Waals surface area contributed by atoms with Crippen LogP contribution in [0.3, 0.4) is 0 Å². The average molecular weight is 497 g/mol. The number of hydrogen-bond donors (Lipinski definition) is 1. The molecule has 8 nitrogen and oxygen atoms in total. The van der Waals surface area contributed by atoms with Gasteiger partial charge in [0.15, 0.2) is 0 Å². The maximum atomic E-state index is 12.5. The van der Waals surface area contributed by atoms with Crippen molar-refractivity contribution < 1.29 is 19.3 Å². The molecule has 2 aromatic carbocycles. The molecule has 1 fully saturated rings. The highest BCUT2D eigenvalue weighted by molar-refractivity contribution is 9.10. The third-order valence-corrected chi connectivity index (χ3v) is 5.56. The summed E-state index contributed by atoms with van der Waals surface area (Å²) >= 11 is 9.95. The highest BCUT2D eigenvalue weighted by Gasteiger charge is 2.36. The SMILES string of the molecule is O=C(CN1C(=O)S/C(=C\c2cc([N+](=O)[O-])ccc2Cl)C1=O)Nc1ccc(Br)cc1. The molecule has 3 rings (SSSR count). The molecule has 0 aromatic heterocycles. The third kappa shape index (κ3) is 5.03. The minimum atomic E-state index is -0.673. The first-order valence-corrected chi connectivity index (χ1v) is 9.98. The topological polar surface area (TPSA) is 110 Å². The van der Waals surface area contributed by atoms with Crippen LogP contribution in [0.15, 0.2) is 51.8 Å². The summed E-state index contributed by atoms with van der Waals surface area (Å²) in [6.07, 6.45) is 1.30. The first-order chi connectivity index (χ1) is 13.7. The Morgan fingerprint density at radius 3 is 2.59 bits per heavy atom. The van der Waals surface area contributed by atoms with E-state index in [2.05, 4.69) is 21.2 Å². The maximum Gasteiger partial charge on any atom is 0.294 e. The number of amides is 3. The summed E-state index contributed by atoms with van der Waals surface area (Å²) in [6.45, 7) is -0.458. The summed E-state index contributed by atoms with van der Waals surface area (Å²) in [5, 5.41) is 13.1. The van der Waals surface area contributed by atoms with Crippen LogP contribution in [0.2, 0.25) is 5.02 Å². The summed E-state index contributed by atoms with van der Waals surface area (Å²) in [6, 6.07) is 10.6. The van der Waals surface area contributed by atoms with Gasteiger partial charge in [0.05, 0.1) is 9.83 Å². The number of imide groups is 1. The van der Waals surface area contributed by atoms with E-state index < -0.39 is 28.5 Å². The number of anilines is 1. The Kier molecular flexibility index (Phi) is 6.36. The van der Waals surface area contributed by atoms with E-state index in [1.807, 2.05) is 0 Å². The van der Waals surface area contributed by atoms with Gasteiger partial charge in [-0.15, -0.1) is 0 Å². The Morgan fingerprint density at radius 1 is 1.24 bits per heavy atom. The standard InChI is InChI=1S/C18H11BrClN3O5S/c19-11-1-3-12(4-2-11)21-16(24)9-22-17(25)15(29-18(22)26)8-10-7-13(23(27)28)5-6-14(10)20/h1-8H,9H2,(H,21,24)/b15-8-. The monoisotopic (exact) mass is 495 g/mol. The van der Waals surface area contributed by atoms with E-state index in [0.717, 1.165) is 9.37 Å². The molecule has 148 valence electrons. The predicted octanol–water partition coefficient (Wildman–Crippen LogP) is 4.69. The van der Waals surface area contributed by atoms with Crippen LogP contribution in [0.4, 0.5) is 16.2 Å². The van der Waals surface area contributed by atoms with Crippen LogP contribution in [0.1, 0.15) is 5.56 Å². The lowest BCUT2D eigenvalue weighted by Gasteiger charge is -2.12. The summed E-state index contributed by atoms with van der Waals surface area (Å²) in [4.78, 5) is 48.1. The molecule has 0 spiro atoms. The van der Waals surface area contributed by atoms with Gasteiger partial charge < -0.3 is 5.32 Å². The number of nitro benzene ring substituents is 1. The van der Waals surface area contributed by atoms with Crippen LogP contribution < -0.4 is 5.32 Å². The first-order valence-electron chi connectivity index (χ1n) is 7.99. The van der Waals surface area contributed by atoms with Gasteiger partial charge in [0, 0.05) is 32.9 Å². The molecule has 1 aliphatic rings. The smallest absolute Gasteiger partial charge is 0.294 e. The number of hydrogen-bond acceptors (Lipinski definition) is 6. The van der Waals surface area contributed by atoms with Crippen molar-refractivity contribution in [2.24, 2.45) is 0 Å². The third-order valence-electron chi connectivity index (χ3n) is 3.78. The largest absolute Gasteiger partial charge is 0.325 e. The Labute approximate surface area is 182 Å². The Balaban J connectivity index is 1.75. The molecule has 1 aliphatic heterocycles. The lowest BCUT2D eigenvalue weighted by molar-refractivity contribution is -0.384. The van der Waals surface area contributed by atoms with Crippen molar-refractivity contribution in [1.82, 2.24) is 4.90 Å². The van der Waals surface area contributed by atoms with Crippen molar-refractivity contribution in [2.75, 3.05) is 11.9 Å². The number of thioether (sulfide) groups is 1. The van der Waals surface area contributed by atoms with Crippen LogP contribution >= 0.6 is 39.3 Å². The number of nitro groups is 1. The lowest BCUT2D eigenvalue weighted by Crippen LogP contribution is -2.36. The molecule has 0 bridgehead atoms. The number of carbonyl (C=O) groups is 3. The number of non-ortho nitro benzene ring substituents is 1.